The Morgan fingerprint density at radius 3 is 2.43 bits per heavy atom. The van der Waals surface area contributed by atoms with E-state index in [-0.39, 0.29) is 17.9 Å². The summed E-state index contributed by atoms with van der Waals surface area (Å²) in [6.07, 6.45) is 1.76. The minimum Gasteiger partial charge on any atom is -0.349 e. The maximum absolute atomic E-state index is 12.7. The summed E-state index contributed by atoms with van der Waals surface area (Å²) in [4.78, 5) is 15.1. The molecular formula is C23H28Cl2N2O. The van der Waals surface area contributed by atoms with Crippen LogP contribution in [0.1, 0.15) is 48.1 Å². The maximum Gasteiger partial charge on any atom is 0.223 e. The van der Waals surface area contributed by atoms with Crippen molar-refractivity contribution >= 4 is 29.1 Å². The minimum absolute atomic E-state index is 0.0287. The third kappa shape index (κ3) is 5.28. The molecule has 0 aromatic heterocycles. The van der Waals surface area contributed by atoms with Crippen LogP contribution >= 0.6 is 23.2 Å². The summed E-state index contributed by atoms with van der Waals surface area (Å²) in [5.74, 6) is 0.249. The van der Waals surface area contributed by atoms with Crippen LogP contribution < -0.4 is 5.32 Å². The number of aryl methyl sites for hydroxylation is 2. The monoisotopic (exact) mass is 418 g/mol. The molecule has 1 aliphatic rings. The average Bonchev–Trinajstić information content (AvgIpc) is 2.67. The second-order valence-corrected chi connectivity index (χ2v) is 8.69. The first-order valence-corrected chi connectivity index (χ1v) is 10.6. The Labute approximate surface area is 178 Å². The highest BCUT2D eigenvalue weighted by molar-refractivity contribution is 6.42. The van der Waals surface area contributed by atoms with Gasteiger partial charge in [0.2, 0.25) is 5.91 Å². The summed E-state index contributed by atoms with van der Waals surface area (Å²) >= 11 is 12.1. The average molecular weight is 419 g/mol. The fourth-order valence-corrected chi connectivity index (χ4v) is 4.02. The Balaban J connectivity index is 1.50. The fourth-order valence-electron chi connectivity index (χ4n) is 3.70. The van der Waals surface area contributed by atoms with Crippen molar-refractivity contribution in [2.75, 3.05) is 13.1 Å². The largest absolute Gasteiger partial charge is 0.349 e. The van der Waals surface area contributed by atoms with Gasteiger partial charge < -0.3 is 5.32 Å². The van der Waals surface area contributed by atoms with Gasteiger partial charge in [-0.1, -0.05) is 47.5 Å². The lowest BCUT2D eigenvalue weighted by Crippen LogP contribution is -2.40. The number of likely N-dealkylation sites (tertiary alicyclic amines) is 1. The molecule has 5 heteroatoms. The topological polar surface area (TPSA) is 32.3 Å². The number of nitrogens with one attached hydrogen (secondary N) is 1. The third-order valence-corrected chi connectivity index (χ3v) is 6.48. The van der Waals surface area contributed by atoms with E-state index in [1.807, 2.05) is 18.2 Å². The summed E-state index contributed by atoms with van der Waals surface area (Å²) in [6, 6.07) is 12.2. The Morgan fingerprint density at radius 1 is 1.07 bits per heavy atom. The molecule has 1 atom stereocenters. The molecule has 0 saturated carbocycles. The number of piperidine rings is 1. The van der Waals surface area contributed by atoms with Crippen molar-refractivity contribution in [3.63, 3.8) is 0 Å². The lowest BCUT2D eigenvalue weighted by Gasteiger charge is -2.32. The molecule has 3 rings (SSSR count). The van der Waals surface area contributed by atoms with Gasteiger partial charge in [0.1, 0.15) is 0 Å². The number of hydrogen-bond acceptors (Lipinski definition) is 2. The van der Waals surface area contributed by atoms with E-state index < -0.39 is 0 Å². The lowest BCUT2D eigenvalue weighted by atomic mass is 9.94. The van der Waals surface area contributed by atoms with Crippen molar-refractivity contribution in [2.24, 2.45) is 5.92 Å². The van der Waals surface area contributed by atoms with Crippen LogP contribution in [-0.2, 0) is 11.3 Å². The van der Waals surface area contributed by atoms with Crippen LogP contribution in [-0.4, -0.2) is 23.9 Å². The number of carbonyl (C=O) groups excluding carboxylic acids is 1. The van der Waals surface area contributed by atoms with Gasteiger partial charge in [0.05, 0.1) is 16.1 Å². The molecule has 1 fully saturated rings. The minimum atomic E-state index is 0.0287. The van der Waals surface area contributed by atoms with Gasteiger partial charge in [-0.2, -0.15) is 0 Å². The Bertz CT molecular complexity index is 844. The summed E-state index contributed by atoms with van der Waals surface area (Å²) in [5.41, 5.74) is 4.85. The van der Waals surface area contributed by atoms with Crippen molar-refractivity contribution in [1.82, 2.24) is 10.2 Å². The van der Waals surface area contributed by atoms with E-state index in [0.29, 0.717) is 10.0 Å². The number of rotatable bonds is 5. The van der Waals surface area contributed by atoms with E-state index in [2.05, 4.69) is 49.2 Å². The molecule has 1 aliphatic heterocycles. The third-order valence-electron chi connectivity index (χ3n) is 5.74. The van der Waals surface area contributed by atoms with Crippen LogP contribution in [0, 0.1) is 19.8 Å². The molecule has 1 amide bonds. The Morgan fingerprint density at radius 2 is 1.79 bits per heavy atom. The molecule has 3 nitrogen and oxygen atoms in total. The molecule has 1 saturated heterocycles. The zero-order valence-corrected chi connectivity index (χ0v) is 18.3. The number of carbonyl (C=O) groups is 1. The number of nitrogens with zero attached hydrogens (tertiary/aromatic N) is 1. The molecule has 0 spiro atoms. The van der Waals surface area contributed by atoms with Crippen molar-refractivity contribution < 1.29 is 4.79 Å². The lowest BCUT2D eigenvalue weighted by molar-refractivity contribution is -0.127. The zero-order valence-electron chi connectivity index (χ0n) is 16.8. The predicted octanol–water partition coefficient (Wildman–Crippen LogP) is 5.70. The van der Waals surface area contributed by atoms with Gasteiger partial charge in [0.25, 0.3) is 0 Å². The molecule has 0 unspecified atom stereocenters. The fraction of sp³-hybridized carbons (Fsp3) is 0.435. The van der Waals surface area contributed by atoms with Gasteiger partial charge in [-0.3, -0.25) is 9.69 Å². The Hall–Kier alpha value is -1.55. The summed E-state index contributed by atoms with van der Waals surface area (Å²) < 4.78 is 0. The smallest absolute Gasteiger partial charge is 0.223 e. The van der Waals surface area contributed by atoms with Gasteiger partial charge in [-0.25, -0.2) is 0 Å². The Kier molecular flexibility index (Phi) is 7.03. The van der Waals surface area contributed by atoms with Gasteiger partial charge >= 0.3 is 0 Å². The van der Waals surface area contributed by atoms with Gasteiger partial charge in [0, 0.05) is 12.5 Å². The van der Waals surface area contributed by atoms with Crippen LogP contribution in [0.2, 0.25) is 10.0 Å². The number of halogens is 2. The first-order valence-electron chi connectivity index (χ1n) is 9.87. The zero-order chi connectivity index (χ0) is 20.3. The van der Waals surface area contributed by atoms with Crippen molar-refractivity contribution in [1.29, 1.82) is 0 Å². The molecule has 28 heavy (non-hydrogen) atoms. The second kappa shape index (κ2) is 9.30. The normalized spacial score (nSPS) is 16.8. The molecule has 1 N–H and O–H groups in total. The van der Waals surface area contributed by atoms with E-state index in [9.17, 15) is 4.79 Å². The van der Waals surface area contributed by atoms with Crippen molar-refractivity contribution in [3.05, 3.63) is 68.7 Å². The van der Waals surface area contributed by atoms with Gasteiger partial charge in [-0.15, -0.1) is 0 Å². The van der Waals surface area contributed by atoms with E-state index in [4.69, 9.17) is 23.2 Å². The van der Waals surface area contributed by atoms with E-state index >= 15 is 0 Å². The maximum atomic E-state index is 12.7. The number of amides is 1. The van der Waals surface area contributed by atoms with Crippen LogP contribution in [0.3, 0.4) is 0 Å². The molecule has 0 bridgehead atoms. The SMILES string of the molecule is Cc1ccc([C@H](C)NC(=O)C2CCN(Cc3ccc(Cl)c(Cl)c3)CC2)cc1C. The molecular weight excluding hydrogens is 391 g/mol. The van der Waals surface area contributed by atoms with Crippen LogP contribution in [0.25, 0.3) is 0 Å². The highest BCUT2D eigenvalue weighted by Crippen LogP contribution is 2.25. The molecule has 0 radical (unpaired) electrons. The summed E-state index contributed by atoms with van der Waals surface area (Å²) in [7, 11) is 0. The van der Waals surface area contributed by atoms with Gasteiger partial charge in [-0.05, 0) is 81.1 Å². The highest BCUT2D eigenvalue weighted by Gasteiger charge is 2.26. The quantitative estimate of drug-likeness (QED) is 0.674. The van der Waals surface area contributed by atoms with E-state index in [1.165, 1.54) is 11.1 Å². The summed E-state index contributed by atoms with van der Waals surface area (Å²) in [5, 5.41) is 4.37. The van der Waals surface area contributed by atoms with E-state index in [0.717, 1.165) is 43.6 Å². The van der Waals surface area contributed by atoms with Gasteiger partial charge in [0.15, 0.2) is 0 Å². The predicted molar refractivity (Wildman–Crippen MR) is 117 cm³/mol. The van der Waals surface area contributed by atoms with E-state index in [1.54, 1.807) is 0 Å². The molecule has 0 aliphatic carbocycles. The first kappa shape index (κ1) is 21.2. The molecule has 150 valence electrons. The first-order chi connectivity index (χ1) is 13.3. The van der Waals surface area contributed by atoms with Crippen LogP contribution in [0.4, 0.5) is 0 Å². The number of benzene rings is 2. The highest BCUT2D eigenvalue weighted by atomic mass is 35.5. The molecule has 1 heterocycles. The standard InChI is InChI=1S/C23H28Cl2N2O/c1-15-4-6-20(12-16(15)2)17(3)26-23(28)19-8-10-27(11-9-19)14-18-5-7-21(24)22(25)13-18/h4-7,12-13,17,19H,8-11,14H2,1-3H3,(H,26,28)/t17-/m0/s1. The van der Waals surface area contributed by atoms with Crippen LogP contribution in [0.15, 0.2) is 36.4 Å². The van der Waals surface area contributed by atoms with Crippen molar-refractivity contribution in [3.8, 4) is 0 Å². The second-order valence-electron chi connectivity index (χ2n) is 7.87. The molecule has 2 aromatic carbocycles. The number of hydrogen-bond donors (Lipinski definition) is 1. The molecule has 2 aromatic rings. The van der Waals surface area contributed by atoms with Crippen LogP contribution in [0.5, 0.6) is 0 Å². The summed E-state index contributed by atoms with van der Waals surface area (Å²) in [6.45, 7) is 8.93. The van der Waals surface area contributed by atoms with Crippen molar-refractivity contribution in [2.45, 2.75) is 46.2 Å².